The molecule has 0 aliphatic rings. The molecule has 2 nitrogen and oxygen atoms in total. The van der Waals surface area contributed by atoms with Crippen molar-refractivity contribution in [1.29, 1.82) is 0 Å². The van der Waals surface area contributed by atoms with E-state index in [9.17, 15) is 5.11 Å². The second-order valence-corrected chi connectivity index (χ2v) is 4.10. The van der Waals surface area contributed by atoms with Crippen LogP contribution in [-0.4, -0.2) is 19.2 Å². The van der Waals surface area contributed by atoms with Gasteiger partial charge < -0.3 is 10.0 Å². The molecule has 0 atom stereocenters. The van der Waals surface area contributed by atoms with E-state index in [4.69, 9.17) is 0 Å². The molecule has 1 aromatic carbocycles. The van der Waals surface area contributed by atoms with E-state index in [1.807, 2.05) is 19.0 Å². The molecule has 0 fully saturated rings. The third kappa shape index (κ3) is 2.26. The molecule has 0 aliphatic heterocycles. The van der Waals surface area contributed by atoms with Gasteiger partial charge in [0.1, 0.15) is 0 Å². The second-order valence-electron chi connectivity index (χ2n) is 4.10. The number of hydrogen-bond acceptors (Lipinski definition) is 2. The first kappa shape index (κ1) is 11.1. The molecule has 1 rings (SSSR count). The predicted molar refractivity (Wildman–Crippen MR) is 60.8 cm³/mol. The average Bonchev–Trinajstić information content (AvgIpc) is 2.16. The van der Waals surface area contributed by atoms with E-state index in [-0.39, 0.29) is 6.61 Å². The molecule has 0 spiro atoms. The molecule has 1 aromatic rings. The van der Waals surface area contributed by atoms with E-state index < -0.39 is 0 Å². The molecule has 0 aromatic heterocycles. The maximum absolute atomic E-state index is 9.25. The van der Waals surface area contributed by atoms with Gasteiger partial charge in [0.25, 0.3) is 0 Å². The smallest absolute Gasteiger partial charge is 0.0702 e. The molecule has 78 valence electrons. The van der Waals surface area contributed by atoms with Gasteiger partial charge in [0.15, 0.2) is 0 Å². The molecule has 0 saturated carbocycles. The van der Waals surface area contributed by atoms with Crippen LogP contribution in [0.1, 0.15) is 30.9 Å². The van der Waals surface area contributed by atoms with Crippen molar-refractivity contribution in [2.75, 3.05) is 19.0 Å². The van der Waals surface area contributed by atoms with Gasteiger partial charge in [-0.25, -0.2) is 0 Å². The van der Waals surface area contributed by atoms with Gasteiger partial charge >= 0.3 is 0 Å². The fourth-order valence-electron chi connectivity index (χ4n) is 1.53. The zero-order chi connectivity index (χ0) is 10.7. The molecular weight excluding hydrogens is 174 g/mol. The van der Waals surface area contributed by atoms with Crippen molar-refractivity contribution in [2.45, 2.75) is 26.4 Å². The van der Waals surface area contributed by atoms with E-state index in [1.165, 1.54) is 5.56 Å². The molecule has 0 aliphatic carbocycles. The van der Waals surface area contributed by atoms with Gasteiger partial charge in [0.2, 0.25) is 0 Å². The summed E-state index contributed by atoms with van der Waals surface area (Å²) in [6.07, 6.45) is 0. The molecular formula is C12H19NO. The van der Waals surface area contributed by atoms with Crippen LogP contribution < -0.4 is 4.90 Å². The Labute approximate surface area is 86.2 Å². The summed E-state index contributed by atoms with van der Waals surface area (Å²) in [6, 6.07) is 6.28. The highest BCUT2D eigenvalue weighted by molar-refractivity contribution is 5.54. The first-order valence-corrected chi connectivity index (χ1v) is 4.97. The second kappa shape index (κ2) is 4.47. The van der Waals surface area contributed by atoms with Crippen molar-refractivity contribution < 1.29 is 5.11 Å². The Bertz CT molecular complexity index is 305. The largest absolute Gasteiger partial charge is 0.392 e. The normalized spacial score (nSPS) is 10.7. The monoisotopic (exact) mass is 193 g/mol. The standard InChI is InChI=1S/C12H19NO/c1-9(2)10-5-6-12(13(3)4)11(7-10)8-14/h5-7,9,14H,8H2,1-4H3. The van der Waals surface area contributed by atoms with E-state index in [2.05, 4.69) is 32.0 Å². The van der Waals surface area contributed by atoms with Crippen molar-refractivity contribution in [3.63, 3.8) is 0 Å². The highest BCUT2D eigenvalue weighted by Gasteiger charge is 2.06. The first-order chi connectivity index (χ1) is 6.56. The minimum Gasteiger partial charge on any atom is -0.392 e. The highest BCUT2D eigenvalue weighted by Crippen LogP contribution is 2.24. The van der Waals surface area contributed by atoms with Crippen molar-refractivity contribution in [3.05, 3.63) is 29.3 Å². The van der Waals surface area contributed by atoms with Crippen LogP contribution in [0.5, 0.6) is 0 Å². The van der Waals surface area contributed by atoms with Gasteiger partial charge in [-0.2, -0.15) is 0 Å². The fraction of sp³-hybridized carbons (Fsp3) is 0.500. The zero-order valence-corrected chi connectivity index (χ0v) is 9.41. The van der Waals surface area contributed by atoms with Crippen molar-refractivity contribution in [3.8, 4) is 0 Å². The van der Waals surface area contributed by atoms with Crippen molar-refractivity contribution >= 4 is 5.69 Å². The molecule has 0 amide bonds. The Kier molecular flexibility index (Phi) is 3.53. The highest BCUT2D eigenvalue weighted by atomic mass is 16.3. The maximum atomic E-state index is 9.25. The summed E-state index contributed by atoms with van der Waals surface area (Å²) < 4.78 is 0. The average molecular weight is 193 g/mol. The van der Waals surface area contributed by atoms with Crippen LogP contribution in [0, 0.1) is 0 Å². The SMILES string of the molecule is CC(C)c1ccc(N(C)C)c(CO)c1. The molecule has 1 N–H and O–H groups in total. The van der Waals surface area contributed by atoms with E-state index in [0.29, 0.717) is 5.92 Å². The van der Waals surface area contributed by atoms with Gasteiger partial charge in [0, 0.05) is 25.3 Å². The number of aliphatic hydroxyl groups excluding tert-OH is 1. The number of hydrogen-bond donors (Lipinski definition) is 1. The molecule has 0 unspecified atom stereocenters. The molecule has 0 bridgehead atoms. The minimum atomic E-state index is 0.105. The molecule has 0 heterocycles. The Morgan fingerprint density at radius 1 is 1.29 bits per heavy atom. The van der Waals surface area contributed by atoms with Crippen LogP contribution in [0.4, 0.5) is 5.69 Å². The maximum Gasteiger partial charge on any atom is 0.0702 e. The number of rotatable bonds is 3. The Morgan fingerprint density at radius 3 is 2.36 bits per heavy atom. The number of benzene rings is 1. The van der Waals surface area contributed by atoms with Gasteiger partial charge in [-0.05, 0) is 17.5 Å². The van der Waals surface area contributed by atoms with E-state index in [0.717, 1.165) is 11.3 Å². The summed E-state index contributed by atoms with van der Waals surface area (Å²) >= 11 is 0. The molecule has 0 radical (unpaired) electrons. The van der Waals surface area contributed by atoms with E-state index >= 15 is 0 Å². The summed E-state index contributed by atoms with van der Waals surface area (Å²) in [5, 5.41) is 9.25. The minimum absolute atomic E-state index is 0.105. The summed E-state index contributed by atoms with van der Waals surface area (Å²) in [5.41, 5.74) is 3.37. The number of aliphatic hydroxyl groups is 1. The summed E-state index contributed by atoms with van der Waals surface area (Å²) in [5.74, 6) is 0.511. The lowest BCUT2D eigenvalue weighted by Crippen LogP contribution is -2.11. The van der Waals surface area contributed by atoms with Crippen LogP contribution >= 0.6 is 0 Å². The van der Waals surface area contributed by atoms with Crippen LogP contribution in [0.3, 0.4) is 0 Å². The van der Waals surface area contributed by atoms with Crippen LogP contribution in [0.15, 0.2) is 18.2 Å². The summed E-state index contributed by atoms with van der Waals surface area (Å²) in [6.45, 7) is 4.42. The molecule has 2 heteroatoms. The van der Waals surface area contributed by atoms with E-state index in [1.54, 1.807) is 0 Å². The lowest BCUT2D eigenvalue weighted by Gasteiger charge is -2.18. The lowest BCUT2D eigenvalue weighted by atomic mass is 10.00. The topological polar surface area (TPSA) is 23.5 Å². The fourth-order valence-corrected chi connectivity index (χ4v) is 1.53. The van der Waals surface area contributed by atoms with Crippen molar-refractivity contribution in [1.82, 2.24) is 0 Å². The van der Waals surface area contributed by atoms with Gasteiger partial charge in [-0.15, -0.1) is 0 Å². The Balaban J connectivity index is 3.11. The summed E-state index contributed by atoms with van der Waals surface area (Å²) in [7, 11) is 3.98. The van der Waals surface area contributed by atoms with Crippen molar-refractivity contribution in [2.24, 2.45) is 0 Å². The van der Waals surface area contributed by atoms with Gasteiger partial charge in [-0.3, -0.25) is 0 Å². The predicted octanol–water partition coefficient (Wildman–Crippen LogP) is 2.37. The number of nitrogens with zero attached hydrogens (tertiary/aromatic N) is 1. The lowest BCUT2D eigenvalue weighted by molar-refractivity contribution is 0.282. The third-order valence-electron chi connectivity index (χ3n) is 2.42. The third-order valence-corrected chi connectivity index (χ3v) is 2.42. The first-order valence-electron chi connectivity index (χ1n) is 4.97. The summed E-state index contributed by atoms with van der Waals surface area (Å²) in [4.78, 5) is 2.02. The molecule has 0 saturated heterocycles. The van der Waals surface area contributed by atoms with Gasteiger partial charge in [0.05, 0.1) is 6.61 Å². The van der Waals surface area contributed by atoms with Crippen LogP contribution in [0.25, 0.3) is 0 Å². The quantitative estimate of drug-likeness (QED) is 0.796. The Hall–Kier alpha value is -1.02. The number of anilines is 1. The van der Waals surface area contributed by atoms with Crippen LogP contribution in [-0.2, 0) is 6.61 Å². The van der Waals surface area contributed by atoms with Crippen LogP contribution in [0.2, 0.25) is 0 Å². The Morgan fingerprint density at radius 2 is 1.93 bits per heavy atom. The van der Waals surface area contributed by atoms with Gasteiger partial charge in [-0.1, -0.05) is 26.0 Å². The molecule has 14 heavy (non-hydrogen) atoms. The zero-order valence-electron chi connectivity index (χ0n) is 9.41.